The van der Waals surface area contributed by atoms with Crippen LogP contribution in [-0.2, 0) is 4.79 Å². The second-order valence-electron chi connectivity index (χ2n) is 6.15. The van der Waals surface area contributed by atoms with E-state index in [9.17, 15) is 14.4 Å². The fourth-order valence-electron chi connectivity index (χ4n) is 2.81. The van der Waals surface area contributed by atoms with Crippen LogP contribution in [0.5, 0.6) is 11.5 Å². The molecule has 0 atom stereocenters. The normalized spacial score (nSPS) is 11.0. The van der Waals surface area contributed by atoms with Gasteiger partial charge in [-0.2, -0.15) is 0 Å². The highest BCUT2D eigenvalue weighted by Crippen LogP contribution is 2.29. The van der Waals surface area contributed by atoms with Crippen molar-refractivity contribution in [3.05, 3.63) is 75.7 Å². The van der Waals surface area contributed by atoms with Gasteiger partial charge in [-0.15, -0.1) is 0 Å². The minimum atomic E-state index is -0.660. The van der Waals surface area contributed by atoms with E-state index < -0.39 is 11.6 Å². The molecule has 0 unspecified atom stereocenters. The third-order valence-electron chi connectivity index (χ3n) is 4.17. The molecule has 0 aliphatic heterocycles. The lowest BCUT2D eigenvalue weighted by atomic mass is 10.0. The van der Waals surface area contributed by atoms with Gasteiger partial charge < -0.3 is 13.9 Å². The maximum atomic E-state index is 12.2. The Morgan fingerprint density at radius 2 is 1.79 bits per heavy atom. The summed E-state index contributed by atoms with van der Waals surface area (Å²) in [5, 5.41) is 0.610. The van der Waals surface area contributed by atoms with Crippen molar-refractivity contribution in [2.75, 3.05) is 7.11 Å². The molecule has 0 saturated carbocycles. The number of rotatable bonds is 5. The number of Topliss-reactive ketones (excluding diaryl/α,β-unsaturated/α-hetero) is 1. The number of fused-ring (bicyclic) bond motifs is 1. The van der Waals surface area contributed by atoms with Crippen molar-refractivity contribution in [1.29, 1.82) is 0 Å². The highest BCUT2D eigenvalue weighted by atomic mass is 16.5. The number of benzene rings is 2. The third-order valence-corrected chi connectivity index (χ3v) is 4.17. The number of esters is 1. The smallest absolute Gasteiger partial charge is 0.336 e. The molecular formula is C22H18O6. The summed E-state index contributed by atoms with van der Waals surface area (Å²) in [5.41, 5.74) is 1.05. The number of aryl methyl sites for hydroxylation is 1. The quantitative estimate of drug-likeness (QED) is 0.220. The monoisotopic (exact) mass is 378 g/mol. The number of ether oxygens (including phenoxy) is 2. The predicted molar refractivity (Wildman–Crippen MR) is 105 cm³/mol. The van der Waals surface area contributed by atoms with E-state index in [0.29, 0.717) is 16.7 Å². The molecule has 0 saturated heterocycles. The minimum absolute atomic E-state index is 0.0399. The van der Waals surface area contributed by atoms with Gasteiger partial charge in [0.05, 0.1) is 7.11 Å². The van der Waals surface area contributed by atoms with Gasteiger partial charge in [-0.3, -0.25) is 4.79 Å². The molecule has 3 aromatic rings. The zero-order chi connectivity index (χ0) is 20.3. The molecule has 0 fully saturated rings. The van der Waals surface area contributed by atoms with E-state index in [1.165, 1.54) is 25.1 Å². The maximum Gasteiger partial charge on any atom is 0.336 e. The van der Waals surface area contributed by atoms with Crippen molar-refractivity contribution in [1.82, 2.24) is 0 Å². The molecule has 0 aliphatic carbocycles. The van der Waals surface area contributed by atoms with Gasteiger partial charge in [-0.25, -0.2) is 9.59 Å². The van der Waals surface area contributed by atoms with Crippen LogP contribution in [-0.4, -0.2) is 18.9 Å². The zero-order valence-corrected chi connectivity index (χ0v) is 15.6. The first-order chi connectivity index (χ1) is 13.4. The van der Waals surface area contributed by atoms with Crippen LogP contribution < -0.4 is 15.1 Å². The van der Waals surface area contributed by atoms with Crippen LogP contribution in [0.25, 0.3) is 17.0 Å². The fraction of sp³-hybridized carbons (Fsp3) is 0.136. The van der Waals surface area contributed by atoms with Gasteiger partial charge in [0.1, 0.15) is 17.1 Å². The van der Waals surface area contributed by atoms with Gasteiger partial charge in [-0.1, -0.05) is 12.1 Å². The molecule has 0 radical (unpaired) electrons. The van der Waals surface area contributed by atoms with Crippen molar-refractivity contribution >= 4 is 28.8 Å². The maximum absolute atomic E-state index is 12.2. The number of carbonyl (C=O) groups is 2. The lowest BCUT2D eigenvalue weighted by Gasteiger charge is -2.10. The van der Waals surface area contributed by atoms with E-state index in [4.69, 9.17) is 13.9 Å². The Balaban J connectivity index is 1.91. The van der Waals surface area contributed by atoms with E-state index in [0.717, 1.165) is 5.56 Å². The Kier molecular flexibility index (Phi) is 5.40. The number of ketones is 1. The Morgan fingerprint density at radius 3 is 2.43 bits per heavy atom. The molecule has 0 N–H and O–H groups in total. The second kappa shape index (κ2) is 7.92. The average molecular weight is 378 g/mol. The first kappa shape index (κ1) is 19.1. The van der Waals surface area contributed by atoms with E-state index in [1.807, 2.05) is 0 Å². The molecule has 28 heavy (non-hydrogen) atoms. The minimum Gasteiger partial charge on any atom is -0.497 e. The lowest BCUT2D eigenvalue weighted by molar-refractivity contribution is -0.128. The van der Waals surface area contributed by atoms with Crippen LogP contribution in [0.15, 0.2) is 57.8 Å². The van der Waals surface area contributed by atoms with Crippen molar-refractivity contribution in [2.24, 2.45) is 0 Å². The summed E-state index contributed by atoms with van der Waals surface area (Å²) in [4.78, 5) is 36.1. The zero-order valence-electron chi connectivity index (χ0n) is 15.6. The van der Waals surface area contributed by atoms with E-state index in [2.05, 4.69) is 0 Å². The van der Waals surface area contributed by atoms with Crippen molar-refractivity contribution < 1.29 is 23.5 Å². The van der Waals surface area contributed by atoms with Crippen LogP contribution in [0.3, 0.4) is 0 Å². The molecule has 3 rings (SSSR count). The molecule has 2 aromatic carbocycles. The van der Waals surface area contributed by atoms with Gasteiger partial charge >= 0.3 is 11.6 Å². The third kappa shape index (κ3) is 4.01. The molecule has 0 spiro atoms. The summed E-state index contributed by atoms with van der Waals surface area (Å²) < 4.78 is 15.6. The van der Waals surface area contributed by atoms with Gasteiger partial charge in [0, 0.05) is 17.5 Å². The highest BCUT2D eigenvalue weighted by molar-refractivity contribution is 6.08. The molecule has 0 bridgehead atoms. The van der Waals surface area contributed by atoms with Crippen molar-refractivity contribution in [3.8, 4) is 11.5 Å². The summed E-state index contributed by atoms with van der Waals surface area (Å²) in [6.45, 7) is 3.06. The molecular weight excluding hydrogens is 360 g/mol. The molecule has 142 valence electrons. The van der Waals surface area contributed by atoms with Crippen LogP contribution >= 0.6 is 0 Å². The number of hydrogen-bond acceptors (Lipinski definition) is 6. The molecule has 6 heteroatoms. The summed E-state index contributed by atoms with van der Waals surface area (Å²) >= 11 is 0. The van der Waals surface area contributed by atoms with E-state index >= 15 is 0 Å². The Labute approximate surface area is 161 Å². The Bertz CT molecular complexity index is 1140. The summed E-state index contributed by atoms with van der Waals surface area (Å²) in [5.74, 6) is -0.286. The Morgan fingerprint density at radius 1 is 1.07 bits per heavy atom. The van der Waals surface area contributed by atoms with E-state index in [-0.39, 0.29) is 22.7 Å². The largest absolute Gasteiger partial charge is 0.497 e. The first-order valence-electron chi connectivity index (χ1n) is 8.51. The first-order valence-corrected chi connectivity index (χ1v) is 8.51. The van der Waals surface area contributed by atoms with Crippen LogP contribution in [0.1, 0.15) is 28.4 Å². The summed E-state index contributed by atoms with van der Waals surface area (Å²) in [6, 6.07) is 11.6. The lowest BCUT2D eigenvalue weighted by Crippen LogP contribution is -2.09. The molecule has 1 heterocycles. The topological polar surface area (TPSA) is 82.8 Å². The molecule has 0 aliphatic rings. The molecule has 1 aromatic heterocycles. The highest BCUT2D eigenvalue weighted by Gasteiger charge is 2.18. The van der Waals surface area contributed by atoms with Crippen LogP contribution in [0, 0.1) is 6.92 Å². The number of methoxy groups -OCH3 is 1. The van der Waals surface area contributed by atoms with Crippen LogP contribution in [0.4, 0.5) is 0 Å². The molecule has 0 amide bonds. The number of hydrogen-bond donors (Lipinski definition) is 0. The fourth-order valence-corrected chi connectivity index (χ4v) is 2.81. The summed E-state index contributed by atoms with van der Waals surface area (Å²) in [7, 11) is 1.57. The van der Waals surface area contributed by atoms with Gasteiger partial charge in [0.15, 0.2) is 11.4 Å². The van der Waals surface area contributed by atoms with E-state index in [1.54, 1.807) is 50.4 Å². The average Bonchev–Trinajstić information content (AvgIpc) is 2.66. The van der Waals surface area contributed by atoms with Gasteiger partial charge in [0.2, 0.25) is 0 Å². The number of carbonyl (C=O) groups excluding carboxylic acids is 2. The SMILES string of the molecule is COc1ccc(C=CC(=O)Oc2ccc3c(C)cc(=O)oc3c2C(C)=O)cc1. The second-order valence-corrected chi connectivity index (χ2v) is 6.15. The molecule has 6 nitrogen and oxygen atoms in total. The summed E-state index contributed by atoms with van der Waals surface area (Å²) in [6.07, 6.45) is 2.84. The van der Waals surface area contributed by atoms with Crippen molar-refractivity contribution in [3.63, 3.8) is 0 Å². The predicted octanol–water partition coefficient (Wildman–Crippen LogP) is 3.93. The van der Waals surface area contributed by atoms with Gasteiger partial charge in [0.25, 0.3) is 0 Å². The van der Waals surface area contributed by atoms with Crippen LogP contribution in [0.2, 0.25) is 0 Å². The van der Waals surface area contributed by atoms with Crippen molar-refractivity contribution in [2.45, 2.75) is 13.8 Å². The Hall–Kier alpha value is -3.67. The standard InChI is InChI=1S/C22H18O6/c1-13-12-20(25)28-22-17(13)9-10-18(21(22)14(2)23)27-19(24)11-6-15-4-7-16(26-3)8-5-15/h4-12H,1-3H3. The van der Waals surface area contributed by atoms with Gasteiger partial charge in [-0.05, 0) is 55.3 Å².